The van der Waals surface area contributed by atoms with Gasteiger partial charge in [-0.05, 0) is 12.5 Å². The zero-order chi connectivity index (χ0) is 12.7. The summed E-state index contributed by atoms with van der Waals surface area (Å²) in [6.45, 7) is 5.50. The summed E-state index contributed by atoms with van der Waals surface area (Å²) in [7, 11) is 0. The number of fused-ring (bicyclic) bond motifs is 1. The summed E-state index contributed by atoms with van der Waals surface area (Å²) in [5, 5.41) is 9.55. The van der Waals surface area contributed by atoms with E-state index in [0.29, 0.717) is 25.7 Å². The fourth-order valence-corrected chi connectivity index (χ4v) is 3.41. The molecule has 0 heterocycles. The molecule has 0 spiro atoms. The molecule has 3 nitrogen and oxygen atoms in total. The monoisotopic (exact) mass is 234 g/mol. The van der Waals surface area contributed by atoms with Crippen molar-refractivity contribution in [2.75, 3.05) is 6.61 Å². The van der Waals surface area contributed by atoms with Gasteiger partial charge in [0.25, 0.3) is 0 Å². The maximum atomic E-state index is 11.9. The van der Waals surface area contributed by atoms with E-state index in [4.69, 9.17) is 0 Å². The minimum Gasteiger partial charge on any atom is -0.395 e. The first-order chi connectivity index (χ1) is 7.96. The van der Waals surface area contributed by atoms with Crippen molar-refractivity contribution in [1.82, 2.24) is 0 Å². The average Bonchev–Trinajstić information content (AvgIpc) is 2.55. The lowest BCUT2D eigenvalue weighted by atomic mass is 9.58. The Labute approximate surface area is 101 Å². The summed E-state index contributed by atoms with van der Waals surface area (Å²) >= 11 is 0. The Morgan fingerprint density at radius 1 is 1.41 bits per heavy atom. The summed E-state index contributed by atoms with van der Waals surface area (Å²) in [6.07, 6.45) is 5.17. The topological polar surface area (TPSA) is 54.4 Å². The third-order valence-electron chi connectivity index (χ3n) is 4.05. The Hall–Kier alpha value is -1.22. The molecule has 0 bridgehead atoms. The number of rotatable bonds is 3. The van der Waals surface area contributed by atoms with Crippen molar-refractivity contribution < 1.29 is 14.7 Å². The van der Waals surface area contributed by atoms with Crippen LogP contribution < -0.4 is 0 Å². The van der Waals surface area contributed by atoms with E-state index in [1.807, 2.05) is 6.92 Å². The number of aliphatic hydroxyl groups is 1. The third kappa shape index (κ3) is 1.78. The first kappa shape index (κ1) is 12.2. The second kappa shape index (κ2) is 3.91. The molecule has 1 saturated carbocycles. The third-order valence-corrected chi connectivity index (χ3v) is 4.05. The number of Topliss-reactive ketones (excluding diaryl/α,β-unsaturated/α-hetero) is 1. The lowest BCUT2D eigenvalue weighted by Gasteiger charge is -2.44. The van der Waals surface area contributed by atoms with Gasteiger partial charge >= 0.3 is 0 Å². The van der Waals surface area contributed by atoms with Crippen molar-refractivity contribution in [3.63, 3.8) is 0 Å². The molecule has 92 valence electrons. The molecule has 2 atom stereocenters. The number of hydrogen-bond donors (Lipinski definition) is 1. The van der Waals surface area contributed by atoms with Crippen LogP contribution in [0.1, 0.15) is 32.6 Å². The largest absolute Gasteiger partial charge is 0.395 e. The number of aliphatic hydroxyl groups excluding tert-OH is 1. The van der Waals surface area contributed by atoms with Crippen LogP contribution in [0.5, 0.6) is 0 Å². The standard InChI is InChI=1S/C14H18O3/c1-3-4-14-7-10(16)5-12(14)13(2,9-15)6-11(17)8-14/h3,5,15H,1,4,6-9H2,2H3/t13-,14+/m0/s1. The van der Waals surface area contributed by atoms with Crippen LogP contribution in [0.15, 0.2) is 24.3 Å². The highest BCUT2D eigenvalue weighted by Gasteiger charge is 2.52. The SMILES string of the molecule is C=CC[C@]12CC(=O)C=C1[C@](C)(CO)CC(=O)C2. The quantitative estimate of drug-likeness (QED) is 0.758. The number of carbonyl (C=O) groups is 2. The average molecular weight is 234 g/mol. The van der Waals surface area contributed by atoms with Crippen LogP contribution in [0.25, 0.3) is 0 Å². The smallest absolute Gasteiger partial charge is 0.156 e. The maximum absolute atomic E-state index is 11.9. The van der Waals surface area contributed by atoms with Gasteiger partial charge in [-0.3, -0.25) is 9.59 Å². The van der Waals surface area contributed by atoms with Gasteiger partial charge in [0.2, 0.25) is 0 Å². The number of ketones is 2. The predicted octanol–water partition coefficient (Wildman–Crippen LogP) is 1.81. The first-order valence-electron chi connectivity index (χ1n) is 5.95. The molecule has 2 aliphatic rings. The van der Waals surface area contributed by atoms with Crippen LogP contribution in [0.4, 0.5) is 0 Å². The Bertz CT molecular complexity index is 421. The van der Waals surface area contributed by atoms with Crippen LogP contribution in [-0.2, 0) is 9.59 Å². The van der Waals surface area contributed by atoms with Gasteiger partial charge in [-0.25, -0.2) is 0 Å². The number of carbonyl (C=O) groups excluding carboxylic acids is 2. The molecule has 1 fully saturated rings. The molecule has 0 unspecified atom stereocenters. The minimum absolute atomic E-state index is 0.0659. The Balaban J connectivity index is 2.50. The molecule has 2 rings (SSSR count). The van der Waals surface area contributed by atoms with Gasteiger partial charge in [-0.2, -0.15) is 0 Å². The summed E-state index contributed by atoms with van der Waals surface area (Å²) in [4.78, 5) is 23.6. The predicted molar refractivity (Wildman–Crippen MR) is 64.4 cm³/mol. The summed E-state index contributed by atoms with van der Waals surface area (Å²) < 4.78 is 0. The van der Waals surface area contributed by atoms with Crippen molar-refractivity contribution >= 4 is 11.6 Å². The van der Waals surface area contributed by atoms with E-state index < -0.39 is 10.8 Å². The van der Waals surface area contributed by atoms with E-state index in [1.165, 1.54) is 0 Å². The molecule has 0 aliphatic heterocycles. The number of allylic oxidation sites excluding steroid dienone is 2. The molecule has 1 N–H and O–H groups in total. The van der Waals surface area contributed by atoms with Gasteiger partial charge in [0.05, 0.1) is 6.61 Å². The van der Waals surface area contributed by atoms with Crippen molar-refractivity contribution in [2.24, 2.45) is 10.8 Å². The lowest BCUT2D eigenvalue weighted by molar-refractivity contribution is -0.126. The summed E-state index contributed by atoms with van der Waals surface area (Å²) in [6, 6.07) is 0. The highest BCUT2D eigenvalue weighted by Crippen LogP contribution is 2.56. The van der Waals surface area contributed by atoms with Crippen LogP contribution in [0.2, 0.25) is 0 Å². The summed E-state index contributed by atoms with van der Waals surface area (Å²) in [5.74, 6) is 0.200. The zero-order valence-electron chi connectivity index (χ0n) is 10.2. The van der Waals surface area contributed by atoms with E-state index in [-0.39, 0.29) is 18.2 Å². The van der Waals surface area contributed by atoms with Crippen LogP contribution in [-0.4, -0.2) is 23.3 Å². The second-order valence-electron chi connectivity index (χ2n) is 5.59. The molecular weight excluding hydrogens is 216 g/mol. The van der Waals surface area contributed by atoms with Crippen LogP contribution in [0.3, 0.4) is 0 Å². The van der Waals surface area contributed by atoms with Gasteiger partial charge in [0.15, 0.2) is 5.78 Å². The van der Waals surface area contributed by atoms with Gasteiger partial charge in [-0.1, -0.05) is 18.6 Å². The minimum atomic E-state index is -0.565. The van der Waals surface area contributed by atoms with Crippen LogP contribution >= 0.6 is 0 Å². The Kier molecular flexibility index (Phi) is 2.82. The molecule has 0 saturated heterocycles. The van der Waals surface area contributed by atoms with E-state index in [1.54, 1.807) is 12.2 Å². The normalized spacial score (nSPS) is 36.7. The zero-order valence-corrected chi connectivity index (χ0v) is 10.2. The van der Waals surface area contributed by atoms with Crippen LogP contribution in [0, 0.1) is 10.8 Å². The van der Waals surface area contributed by atoms with E-state index >= 15 is 0 Å². The molecule has 0 amide bonds. The van der Waals surface area contributed by atoms with E-state index in [0.717, 1.165) is 5.57 Å². The van der Waals surface area contributed by atoms with Gasteiger partial charge in [0.1, 0.15) is 5.78 Å². The Morgan fingerprint density at radius 2 is 2.12 bits per heavy atom. The second-order valence-corrected chi connectivity index (χ2v) is 5.59. The number of hydrogen-bond acceptors (Lipinski definition) is 3. The fourth-order valence-electron chi connectivity index (χ4n) is 3.41. The fraction of sp³-hybridized carbons (Fsp3) is 0.571. The molecular formula is C14H18O3. The van der Waals surface area contributed by atoms with Gasteiger partial charge in [0, 0.05) is 30.1 Å². The van der Waals surface area contributed by atoms with Crippen molar-refractivity contribution in [1.29, 1.82) is 0 Å². The molecule has 0 radical (unpaired) electrons. The Morgan fingerprint density at radius 3 is 2.71 bits per heavy atom. The highest BCUT2D eigenvalue weighted by atomic mass is 16.3. The molecule has 2 aliphatic carbocycles. The van der Waals surface area contributed by atoms with E-state index in [2.05, 4.69) is 6.58 Å². The van der Waals surface area contributed by atoms with Gasteiger partial charge < -0.3 is 5.11 Å². The highest BCUT2D eigenvalue weighted by molar-refractivity contribution is 5.97. The first-order valence-corrected chi connectivity index (χ1v) is 5.95. The maximum Gasteiger partial charge on any atom is 0.156 e. The van der Waals surface area contributed by atoms with Crippen molar-refractivity contribution in [3.8, 4) is 0 Å². The molecule has 0 aromatic rings. The summed E-state index contributed by atoms with van der Waals surface area (Å²) in [5.41, 5.74) is -0.00660. The van der Waals surface area contributed by atoms with Gasteiger partial charge in [-0.15, -0.1) is 6.58 Å². The van der Waals surface area contributed by atoms with Crippen molar-refractivity contribution in [3.05, 3.63) is 24.3 Å². The molecule has 0 aromatic heterocycles. The lowest BCUT2D eigenvalue weighted by Crippen LogP contribution is -2.42. The molecule has 3 heteroatoms. The van der Waals surface area contributed by atoms with E-state index in [9.17, 15) is 14.7 Å². The molecule has 17 heavy (non-hydrogen) atoms. The molecule has 0 aromatic carbocycles. The van der Waals surface area contributed by atoms with Crippen molar-refractivity contribution in [2.45, 2.75) is 32.6 Å².